The largest absolute Gasteiger partial charge is 0.355 e. The third kappa shape index (κ3) is 4.51. The molecule has 2 heterocycles. The van der Waals surface area contributed by atoms with E-state index in [1.807, 2.05) is 24.3 Å². The Bertz CT molecular complexity index is 1020. The van der Waals surface area contributed by atoms with E-state index in [-0.39, 0.29) is 5.91 Å². The highest BCUT2D eigenvalue weighted by Gasteiger charge is 2.18. The van der Waals surface area contributed by atoms with Crippen molar-refractivity contribution in [2.45, 2.75) is 39.7 Å². The number of hydrogen-bond donors (Lipinski definition) is 1. The van der Waals surface area contributed by atoms with Crippen LogP contribution in [0, 0.1) is 13.8 Å². The number of anilines is 1. The zero-order valence-electron chi connectivity index (χ0n) is 17.7. The van der Waals surface area contributed by atoms with Crippen molar-refractivity contribution >= 4 is 11.7 Å². The Morgan fingerprint density at radius 3 is 2.47 bits per heavy atom. The molecule has 5 heteroatoms. The zero-order valence-corrected chi connectivity index (χ0v) is 17.7. The smallest absolute Gasteiger partial charge is 0.251 e. The van der Waals surface area contributed by atoms with Crippen molar-refractivity contribution in [2.24, 2.45) is 0 Å². The van der Waals surface area contributed by atoms with Gasteiger partial charge < -0.3 is 10.2 Å². The number of nitrogens with zero attached hydrogens (tertiary/aromatic N) is 3. The number of carbonyl (C=O) groups is 1. The van der Waals surface area contributed by atoms with Gasteiger partial charge in [-0.25, -0.2) is 4.98 Å². The summed E-state index contributed by atoms with van der Waals surface area (Å²) in [6.45, 7) is 6.69. The number of aromatic nitrogens is 2. The van der Waals surface area contributed by atoms with E-state index in [0.717, 1.165) is 35.7 Å². The monoisotopic (exact) mass is 400 g/mol. The number of benzene rings is 2. The van der Waals surface area contributed by atoms with Crippen LogP contribution in [-0.2, 0) is 6.54 Å². The molecule has 30 heavy (non-hydrogen) atoms. The van der Waals surface area contributed by atoms with Gasteiger partial charge in [0.05, 0.1) is 0 Å². The molecule has 0 saturated carbocycles. The van der Waals surface area contributed by atoms with Crippen LogP contribution in [0.15, 0.2) is 54.9 Å². The fraction of sp³-hybridized carbons (Fsp3) is 0.320. The quantitative estimate of drug-likeness (QED) is 0.676. The minimum atomic E-state index is -0.0714. The number of hydrogen-bond acceptors (Lipinski definition) is 4. The molecule has 0 aliphatic carbocycles. The van der Waals surface area contributed by atoms with Crippen molar-refractivity contribution in [1.29, 1.82) is 0 Å². The lowest BCUT2D eigenvalue weighted by molar-refractivity contribution is 0.0951. The first-order chi connectivity index (χ1) is 14.6. The standard InChI is InChI=1S/C25H28N4O/c1-18-6-7-19(2)22(16-18)17-28-25(30)21-10-8-20(9-11-21)23-24(27-13-12-26-23)29-14-4-3-5-15-29/h6-13,16H,3-5,14-15,17H2,1-2H3,(H,28,30). The molecule has 0 radical (unpaired) electrons. The summed E-state index contributed by atoms with van der Waals surface area (Å²) in [4.78, 5) is 24.1. The molecule has 0 bridgehead atoms. The van der Waals surface area contributed by atoms with Crippen molar-refractivity contribution in [2.75, 3.05) is 18.0 Å². The van der Waals surface area contributed by atoms with Crippen LogP contribution < -0.4 is 10.2 Å². The summed E-state index contributed by atoms with van der Waals surface area (Å²) in [5.41, 5.74) is 6.03. The fourth-order valence-corrected chi connectivity index (χ4v) is 3.92. The molecule has 0 atom stereocenters. The van der Waals surface area contributed by atoms with E-state index in [2.05, 4.69) is 52.2 Å². The molecule has 3 aromatic rings. The molecule has 0 unspecified atom stereocenters. The molecular formula is C25H28N4O. The van der Waals surface area contributed by atoms with Crippen LogP contribution in [0.5, 0.6) is 0 Å². The van der Waals surface area contributed by atoms with E-state index in [9.17, 15) is 4.79 Å². The molecule has 4 rings (SSSR count). The summed E-state index contributed by atoms with van der Waals surface area (Å²) in [6, 6.07) is 13.9. The van der Waals surface area contributed by atoms with Gasteiger partial charge in [0.15, 0.2) is 5.82 Å². The van der Waals surface area contributed by atoms with Crippen LogP contribution in [0.4, 0.5) is 5.82 Å². The molecule has 1 saturated heterocycles. The van der Waals surface area contributed by atoms with E-state index < -0.39 is 0 Å². The SMILES string of the molecule is Cc1ccc(C)c(CNC(=O)c2ccc(-c3nccnc3N3CCCCC3)cc2)c1. The predicted octanol–water partition coefficient (Wildman–Crippen LogP) is 4.68. The Morgan fingerprint density at radius 1 is 0.967 bits per heavy atom. The van der Waals surface area contributed by atoms with Gasteiger partial charge in [-0.3, -0.25) is 9.78 Å². The van der Waals surface area contributed by atoms with E-state index >= 15 is 0 Å². The molecule has 2 aromatic carbocycles. The average molecular weight is 401 g/mol. The van der Waals surface area contributed by atoms with Gasteiger partial charge in [0.25, 0.3) is 5.91 Å². The first-order valence-corrected chi connectivity index (χ1v) is 10.6. The van der Waals surface area contributed by atoms with Gasteiger partial charge in [0.2, 0.25) is 0 Å². The van der Waals surface area contributed by atoms with Gasteiger partial charge in [-0.05, 0) is 56.4 Å². The third-order valence-corrected chi connectivity index (χ3v) is 5.70. The molecule has 1 fully saturated rings. The molecule has 154 valence electrons. The first kappa shape index (κ1) is 20.1. The van der Waals surface area contributed by atoms with Crippen molar-refractivity contribution in [3.63, 3.8) is 0 Å². The molecule has 5 nitrogen and oxygen atoms in total. The van der Waals surface area contributed by atoms with E-state index in [0.29, 0.717) is 12.1 Å². The van der Waals surface area contributed by atoms with Gasteiger partial charge >= 0.3 is 0 Å². The number of aryl methyl sites for hydroxylation is 2. The number of carbonyl (C=O) groups excluding carboxylic acids is 1. The lowest BCUT2D eigenvalue weighted by Crippen LogP contribution is -2.30. The second kappa shape index (κ2) is 9.08. The first-order valence-electron chi connectivity index (χ1n) is 10.6. The summed E-state index contributed by atoms with van der Waals surface area (Å²) in [6.07, 6.45) is 7.14. The second-order valence-corrected chi connectivity index (χ2v) is 7.97. The Labute approximate surface area is 178 Å². The molecule has 0 spiro atoms. The van der Waals surface area contributed by atoms with Crippen LogP contribution in [0.3, 0.4) is 0 Å². The van der Waals surface area contributed by atoms with E-state index in [1.165, 1.54) is 30.4 Å². The average Bonchev–Trinajstić information content (AvgIpc) is 2.80. The predicted molar refractivity (Wildman–Crippen MR) is 121 cm³/mol. The van der Waals surface area contributed by atoms with Crippen molar-refractivity contribution < 1.29 is 4.79 Å². The van der Waals surface area contributed by atoms with Crippen LogP contribution in [0.1, 0.15) is 46.3 Å². The van der Waals surface area contributed by atoms with Crippen LogP contribution >= 0.6 is 0 Å². The normalized spacial score (nSPS) is 13.9. The minimum absolute atomic E-state index is 0.0714. The Balaban J connectivity index is 1.48. The van der Waals surface area contributed by atoms with Crippen LogP contribution in [0.25, 0.3) is 11.3 Å². The highest BCUT2D eigenvalue weighted by atomic mass is 16.1. The Morgan fingerprint density at radius 2 is 1.70 bits per heavy atom. The topological polar surface area (TPSA) is 58.1 Å². The molecule has 1 aliphatic rings. The zero-order chi connectivity index (χ0) is 20.9. The number of nitrogens with one attached hydrogen (secondary N) is 1. The molecule has 1 aliphatic heterocycles. The van der Waals surface area contributed by atoms with Gasteiger partial charge in [-0.15, -0.1) is 0 Å². The number of rotatable bonds is 5. The van der Waals surface area contributed by atoms with Gasteiger partial charge in [-0.2, -0.15) is 0 Å². The minimum Gasteiger partial charge on any atom is -0.355 e. The summed E-state index contributed by atoms with van der Waals surface area (Å²) in [5, 5.41) is 3.03. The van der Waals surface area contributed by atoms with Crippen molar-refractivity contribution in [1.82, 2.24) is 15.3 Å². The summed E-state index contributed by atoms with van der Waals surface area (Å²) >= 11 is 0. The lowest BCUT2D eigenvalue weighted by Gasteiger charge is -2.28. The Hall–Kier alpha value is -3.21. The van der Waals surface area contributed by atoms with E-state index in [1.54, 1.807) is 12.4 Å². The van der Waals surface area contributed by atoms with Crippen LogP contribution in [0.2, 0.25) is 0 Å². The van der Waals surface area contributed by atoms with Crippen molar-refractivity contribution in [3.8, 4) is 11.3 Å². The summed E-state index contributed by atoms with van der Waals surface area (Å²) < 4.78 is 0. The third-order valence-electron chi connectivity index (χ3n) is 5.70. The fourth-order valence-electron chi connectivity index (χ4n) is 3.92. The van der Waals surface area contributed by atoms with Gasteiger partial charge in [-0.1, -0.05) is 35.9 Å². The maximum Gasteiger partial charge on any atom is 0.251 e. The summed E-state index contributed by atoms with van der Waals surface area (Å²) in [5.74, 6) is 0.863. The molecular weight excluding hydrogens is 372 g/mol. The maximum absolute atomic E-state index is 12.6. The number of amides is 1. The van der Waals surface area contributed by atoms with Crippen molar-refractivity contribution in [3.05, 3.63) is 77.1 Å². The second-order valence-electron chi connectivity index (χ2n) is 7.97. The summed E-state index contributed by atoms with van der Waals surface area (Å²) in [7, 11) is 0. The molecule has 1 amide bonds. The highest BCUT2D eigenvalue weighted by Crippen LogP contribution is 2.28. The lowest BCUT2D eigenvalue weighted by atomic mass is 10.0. The highest BCUT2D eigenvalue weighted by molar-refractivity contribution is 5.94. The van der Waals surface area contributed by atoms with Gasteiger partial charge in [0, 0.05) is 43.2 Å². The molecule has 1 N–H and O–H groups in total. The van der Waals surface area contributed by atoms with Crippen LogP contribution in [-0.4, -0.2) is 29.0 Å². The van der Waals surface area contributed by atoms with E-state index in [4.69, 9.17) is 0 Å². The molecule has 1 aromatic heterocycles. The van der Waals surface area contributed by atoms with Gasteiger partial charge in [0.1, 0.15) is 5.69 Å². The maximum atomic E-state index is 12.6. The Kier molecular flexibility index (Phi) is 6.07. The number of piperidine rings is 1.